The molecule has 0 spiro atoms. The second-order valence-electron chi connectivity index (χ2n) is 6.53. The summed E-state index contributed by atoms with van der Waals surface area (Å²) < 4.78 is 24.6. The molecule has 0 unspecified atom stereocenters. The number of amides is 1. The topological polar surface area (TPSA) is 95.8 Å². The minimum atomic E-state index is -3.70. The standard InChI is InChI=1S/C23H17ClN2O4S/c1-16-2-9-20(10-3-16)31(29,30)13-12-17-4-6-18(7-5-17)15-25-26-23(28)19-8-11-22(27)21(24)14-19/h2-11,14-15,27H,1H3,(H,26,28)/b25-15+. The summed E-state index contributed by atoms with van der Waals surface area (Å²) in [6, 6.07) is 17.3. The van der Waals surface area contributed by atoms with Crippen LogP contribution in [0.5, 0.6) is 5.75 Å². The van der Waals surface area contributed by atoms with Crippen molar-refractivity contribution >= 4 is 33.6 Å². The maximum absolute atomic E-state index is 12.3. The number of sulfone groups is 1. The molecule has 6 nitrogen and oxygen atoms in total. The van der Waals surface area contributed by atoms with Gasteiger partial charge in [-0.1, -0.05) is 41.4 Å². The lowest BCUT2D eigenvalue weighted by Gasteiger charge is -2.02. The van der Waals surface area contributed by atoms with Crippen molar-refractivity contribution in [2.45, 2.75) is 11.8 Å². The average molecular weight is 453 g/mol. The smallest absolute Gasteiger partial charge is 0.271 e. The van der Waals surface area contributed by atoms with E-state index in [1.165, 1.54) is 36.5 Å². The molecule has 0 aliphatic carbocycles. The molecular formula is C23H17ClN2O4S. The number of carbonyl (C=O) groups excluding carboxylic acids is 1. The number of aromatic hydroxyl groups is 1. The van der Waals surface area contributed by atoms with Gasteiger partial charge in [0.2, 0.25) is 9.84 Å². The number of rotatable bonds is 4. The Morgan fingerprint density at radius 3 is 2.39 bits per heavy atom. The molecule has 3 aromatic carbocycles. The molecule has 0 heterocycles. The minimum absolute atomic E-state index is 0.0673. The summed E-state index contributed by atoms with van der Waals surface area (Å²) >= 11 is 5.78. The van der Waals surface area contributed by atoms with Crippen LogP contribution in [0.3, 0.4) is 0 Å². The predicted octanol–water partition coefficient (Wildman–Crippen LogP) is 3.90. The van der Waals surface area contributed by atoms with Crippen LogP contribution >= 0.6 is 11.6 Å². The van der Waals surface area contributed by atoms with E-state index >= 15 is 0 Å². The second kappa shape index (κ2) is 9.47. The van der Waals surface area contributed by atoms with Crippen LogP contribution in [0.2, 0.25) is 5.02 Å². The average Bonchev–Trinajstić information content (AvgIpc) is 2.75. The summed E-state index contributed by atoms with van der Waals surface area (Å²) in [6.07, 6.45) is 1.43. The molecule has 0 atom stereocenters. The molecule has 0 saturated carbocycles. The number of nitrogens with one attached hydrogen (secondary N) is 1. The van der Waals surface area contributed by atoms with Crippen LogP contribution in [0.4, 0.5) is 0 Å². The lowest BCUT2D eigenvalue weighted by Crippen LogP contribution is -2.17. The van der Waals surface area contributed by atoms with Gasteiger partial charge in [-0.3, -0.25) is 4.79 Å². The molecule has 0 radical (unpaired) electrons. The van der Waals surface area contributed by atoms with Crippen LogP contribution < -0.4 is 5.43 Å². The predicted molar refractivity (Wildman–Crippen MR) is 120 cm³/mol. The first kappa shape index (κ1) is 22.1. The first-order valence-electron chi connectivity index (χ1n) is 9.01. The Morgan fingerprint density at radius 2 is 1.74 bits per heavy atom. The lowest BCUT2D eigenvalue weighted by molar-refractivity contribution is 0.0955. The van der Waals surface area contributed by atoms with Crippen LogP contribution in [-0.2, 0) is 9.84 Å². The fraction of sp³-hybridized carbons (Fsp3) is 0.0435. The molecule has 3 rings (SSSR count). The van der Waals surface area contributed by atoms with E-state index in [-0.39, 0.29) is 21.2 Å². The van der Waals surface area contributed by atoms with Crippen molar-refractivity contribution in [2.75, 3.05) is 0 Å². The molecule has 2 N–H and O–H groups in total. The van der Waals surface area contributed by atoms with E-state index in [0.29, 0.717) is 11.1 Å². The van der Waals surface area contributed by atoms with Crippen LogP contribution in [0.15, 0.2) is 76.7 Å². The van der Waals surface area contributed by atoms with Crippen LogP contribution in [0, 0.1) is 18.1 Å². The Hall–Kier alpha value is -3.60. The summed E-state index contributed by atoms with van der Waals surface area (Å²) in [5.74, 6) is 2.05. The number of hydrazone groups is 1. The molecule has 0 aromatic heterocycles. The third kappa shape index (κ3) is 5.95. The molecule has 8 heteroatoms. The van der Waals surface area contributed by atoms with E-state index in [1.807, 2.05) is 6.92 Å². The minimum Gasteiger partial charge on any atom is -0.506 e. The van der Waals surface area contributed by atoms with Gasteiger partial charge < -0.3 is 5.11 Å². The molecule has 156 valence electrons. The number of nitrogens with zero attached hydrogens (tertiary/aromatic N) is 1. The summed E-state index contributed by atoms with van der Waals surface area (Å²) in [4.78, 5) is 12.2. The van der Waals surface area contributed by atoms with Gasteiger partial charge in [-0.15, -0.1) is 0 Å². The Balaban J connectivity index is 1.64. The molecule has 0 aliphatic rings. The van der Waals surface area contributed by atoms with Gasteiger partial charge in [0.05, 0.1) is 16.1 Å². The van der Waals surface area contributed by atoms with E-state index in [1.54, 1.807) is 36.4 Å². The highest BCUT2D eigenvalue weighted by atomic mass is 35.5. The van der Waals surface area contributed by atoms with Crippen molar-refractivity contribution < 1.29 is 18.3 Å². The normalized spacial score (nSPS) is 11.0. The van der Waals surface area contributed by atoms with E-state index in [4.69, 9.17) is 11.6 Å². The third-order valence-corrected chi connectivity index (χ3v) is 5.73. The SMILES string of the molecule is Cc1ccc(S(=O)(=O)C#Cc2ccc(/C=N/NC(=O)c3ccc(O)c(Cl)c3)cc2)cc1. The highest BCUT2D eigenvalue weighted by Crippen LogP contribution is 2.23. The highest BCUT2D eigenvalue weighted by molar-refractivity contribution is 7.96. The van der Waals surface area contributed by atoms with Crippen molar-refractivity contribution in [3.05, 3.63) is 94.0 Å². The van der Waals surface area contributed by atoms with Crippen molar-refractivity contribution in [1.29, 1.82) is 0 Å². The monoisotopic (exact) mass is 452 g/mol. The quantitative estimate of drug-likeness (QED) is 0.356. The summed E-state index contributed by atoms with van der Waals surface area (Å²) in [5, 5.41) is 15.6. The number of phenolic OH excluding ortho intramolecular Hbond substituents is 1. The van der Waals surface area contributed by atoms with Crippen molar-refractivity contribution in [3.63, 3.8) is 0 Å². The number of benzene rings is 3. The fourth-order valence-electron chi connectivity index (χ4n) is 2.43. The van der Waals surface area contributed by atoms with Gasteiger partial charge in [-0.25, -0.2) is 13.8 Å². The first-order valence-corrected chi connectivity index (χ1v) is 10.9. The second-order valence-corrected chi connectivity index (χ2v) is 8.62. The summed E-state index contributed by atoms with van der Waals surface area (Å²) in [7, 11) is -3.70. The van der Waals surface area contributed by atoms with Gasteiger partial charge in [0.15, 0.2) is 0 Å². The maximum atomic E-state index is 12.3. The number of aryl methyl sites for hydroxylation is 1. The van der Waals surface area contributed by atoms with Crippen LogP contribution in [-0.4, -0.2) is 25.6 Å². The van der Waals surface area contributed by atoms with E-state index in [0.717, 1.165) is 5.56 Å². The third-order valence-electron chi connectivity index (χ3n) is 4.16. The molecule has 0 bridgehead atoms. The van der Waals surface area contributed by atoms with Crippen LogP contribution in [0.25, 0.3) is 0 Å². The van der Waals surface area contributed by atoms with Gasteiger partial charge in [0, 0.05) is 16.4 Å². The molecule has 0 fully saturated rings. The van der Waals surface area contributed by atoms with E-state index < -0.39 is 15.7 Å². The van der Waals surface area contributed by atoms with Crippen molar-refractivity contribution in [1.82, 2.24) is 5.43 Å². The number of carbonyl (C=O) groups is 1. The Kier molecular flexibility index (Phi) is 6.75. The Morgan fingerprint density at radius 1 is 1.06 bits per heavy atom. The zero-order chi connectivity index (χ0) is 22.4. The summed E-state index contributed by atoms with van der Waals surface area (Å²) in [5.41, 5.74) is 4.77. The first-order chi connectivity index (χ1) is 14.7. The molecule has 0 aliphatic heterocycles. The number of phenols is 1. The molecular weight excluding hydrogens is 436 g/mol. The number of hydrogen-bond donors (Lipinski definition) is 2. The van der Waals surface area contributed by atoms with Crippen molar-refractivity contribution in [3.8, 4) is 16.9 Å². The highest BCUT2D eigenvalue weighted by Gasteiger charge is 2.10. The molecule has 1 amide bonds. The largest absolute Gasteiger partial charge is 0.506 e. The van der Waals surface area contributed by atoms with Gasteiger partial charge in [0.1, 0.15) is 5.75 Å². The number of hydrogen-bond acceptors (Lipinski definition) is 5. The Labute approximate surface area is 185 Å². The Bertz CT molecular complexity index is 1300. The van der Waals surface area contributed by atoms with Crippen LogP contribution in [0.1, 0.15) is 27.0 Å². The fourth-order valence-corrected chi connectivity index (χ4v) is 3.48. The van der Waals surface area contributed by atoms with Gasteiger partial charge in [-0.05, 0) is 60.9 Å². The van der Waals surface area contributed by atoms with Crippen molar-refractivity contribution in [2.24, 2.45) is 5.10 Å². The molecule has 3 aromatic rings. The van der Waals surface area contributed by atoms with E-state index in [9.17, 15) is 18.3 Å². The summed E-state index contributed by atoms with van der Waals surface area (Å²) in [6.45, 7) is 1.88. The molecule has 31 heavy (non-hydrogen) atoms. The molecule has 0 saturated heterocycles. The zero-order valence-electron chi connectivity index (χ0n) is 16.3. The zero-order valence-corrected chi connectivity index (χ0v) is 17.9. The van der Waals surface area contributed by atoms with Gasteiger partial charge in [-0.2, -0.15) is 5.10 Å². The van der Waals surface area contributed by atoms with E-state index in [2.05, 4.69) is 21.7 Å². The van der Waals surface area contributed by atoms with Gasteiger partial charge >= 0.3 is 0 Å². The lowest BCUT2D eigenvalue weighted by atomic mass is 10.1. The van der Waals surface area contributed by atoms with Gasteiger partial charge in [0.25, 0.3) is 5.91 Å². The number of halogens is 1. The maximum Gasteiger partial charge on any atom is 0.271 e.